The third kappa shape index (κ3) is 4.79. The van der Waals surface area contributed by atoms with Crippen LogP contribution in [0.3, 0.4) is 0 Å². The van der Waals surface area contributed by atoms with Crippen LogP contribution in [0.5, 0.6) is 0 Å². The molecule has 2 amide bonds. The minimum absolute atomic E-state index is 0.110. The van der Waals surface area contributed by atoms with E-state index in [0.29, 0.717) is 0 Å². The second kappa shape index (κ2) is 7.59. The highest BCUT2D eigenvalue weighted by molar-refractivity contribution is 5.87. The van der Waals surface area contributed by atoms with Gasteiger partial charge in [0.25, 0.3) is 0 Å². The maximum Gasteiger partial charge on any atom is 0.242 e. The van der Waals surface area contributed by atoms with Crippen molar-refractivity contribution in [2.75, 3.05) is 6.54 Å². The summed E-state index contributed by atoms with van der Waals surface area (Å²) in [6, 6.07) is 8.73. The highest BCUT2D eigenvalue weighted by atomic mass is 16.3. The molecular weight excluding hydrogens is 292 g/mol. The molecule has 0 spiro atoms. The Hall–Kier alpha value is -1.88. The van der Waals surface area contributed by atoms with Gasteiger partial charge < -0.3 is 15.7 Å². The van der Waals surface area contributed by atoms with Gasteiger partial charge in [-0.3, -0.25) is 9.59 Å². The first kappa shape index (κ1) is 17.5. The lowest BCUT2D eigenvalue weighted by atomic mass is 9.94. The molecule has 126 valence electrons. The summed E-state index contributed by atoms with van der Waals surface area (Å²) in [6.07, 6.45) is 4.09. The van der Waals surface area contributed by atoms with Crippen LogP contribution in [0.1, 0.15) is 45.1 Å². The van der Waals surface area contributed by atoms with E-state index >= 15 is 0 Å². The number of rotatable bonds is 6. The largest absolute Gasteiger partial charge is 0.384 e. The second-order valence-corrected chi connectivity index (χ2v) is 6.58. The highest BCUT2D eigenvalue weighted by Gasteiger charge is 2.32. The number of benzene rings is 1. The summed E-state index contributed by atoms with van der Waals surface area (Å²) in [5, 5.41) is 16.1. The van der Waals surface area contributed by atoms with E-state index in [1.165, 1.54) is 6.92 Å². The van der Waals surface area contributed by atoms with Gasteiger partial charge in [-0.05, 0) is 31.2 Å². The van der Waals surface area contributed by atoms with Gasteiger partial charge in [-0.1, -0.05) is 43.2 Å². The Morgan fingerprint density at radius 1 is 1.26 bits per heavy atom. The standard InChI is InChI=1S/C18H26N2O3/c1-13(21)20-16(14-8-6-7-9-14)17(22)19-12-18(2,23)15-10-4-3-5-11-15/h3-5,10-11,14,16,23H,6-9,12H2,1-2H3,(H,19,22)(H,20,21). The number of carbonyl (C=O) groups is 2. The van der Waals surface area contributed by atoms with Crippen molar-refractivity contribution in [3.05, 3.63) is 35.9 Å². The molecule has 5 heteroatoms. The normalized spacial score (nSPS) is 18.9. The van der Waals surface area contributed by atoms with Gasteiger partial charge in [0.05, 0.1) is 6.54 Å². The number of hydrogen-bond acceptors (Lipinski definition) is 3. The fourth-order valence-electron chi connectivity index (χ4n) is 3.18. The Morgan fingerprint density at radius 2 is 1.87 bits per heavy atom. The molecule has 1 aliphatic rings. The van der Waals surface area contributed by atoms with E-state index in [-0.39, 0.29) is 24.3 Å². The number of carbonyl (C=O) groups excluding carboxylic acids is 2. The molecule has 0 bridgehead atoms. The van der Waals surface area contributed by atoms with E-state index in [4.69, 9.17) is 0 Å². The number of nitrogens with one attached hydrogen (secondary N) is 2. The zero-order valence-corrected chi connectivity index (χ0v) is 13.8. The molecule has 1 aromatic carbocycles. The summed E-state index contributed by atoms with van der Waals surface area (Å²) in [4.78, 5) is 23.9. The van der Waals surface area contributed by atoms with E-state index in [2.05, 4.69) is 10.6 Å². The fourth-order valence-corrected chi connectivity index (χ4v) is 3.18. The quantitative estimate of drug-likeness (QED) is 0.747. The van der Waals surface area contributed by atoms with Crippen molar-refractivity contribution in [3.63, 3.8) is 0 Å². The van der Waals surface area contributed by atoms with Crippen molar-refractivity contribution in [2.45, 2.75) is 51.2 Å². The number of hydrogen-bond donors (Lipinski definition) is 3. The van der Waals surface area contributed by atoms with E-state index in [1.807, 2.05) is 30.3 Å². The van der Waals surface area contributed by atoms with E-state index in [1.54, 1.807) is 6.92 Å². The highest BCUT2D eigenvalue weighted by Crippen LogP contribution is 2.28. The molecule has 5 nitrogen and oxygen atoms in total. The minimum atomic E-state index is -1.15. The second-order valence-electron chi connectivity index (χ2n) is 6.58. The Bertz CT molecular complexity index is 536. The molecule has 0 saturated heterocycles. The van der Waals surface area contributed by atoms with Crippen LogP contribution in [-0.4, -0.2) is 29.5 Å². The van der Waals surface area contributed by atoms with Gasteiger partial charge >= 0.3 is 0 Å². The van der Waals surface area contributed by atoms with Crippen LogP contribution in [-0.2, 0) is 15.2 Å². The molecular formula is C18H26N2O3. The first-order valence-corrected chi connectivity index (χ1v) is 8.23. The van der Waals surface area contributed by atoms with Crippen molar-refractivity contribution in [2.24, 2.45) is 5.92 Å². The maximum atomic E-state index is 12.5. The third-order valence-electron chi connectivity index (χ3n) is 4.51. The molecule has 2 atom stereocenters. The Kier molecular flexibility index (Phi) is 5.77. The first-order chi connectivity index (χ1) is 10.9. The van der Waals surface area contributed by atoms with Crippen LogP contribution in [0.4, 0.5) is 0 Å². The lowest BCUT2D eigenvalue weighted by Crippen LogP contribution is -2.52. The smallest absolute Gasteiger partial charge is 0.242 e. The summed E-state index contributed by atoms with van der Waals surface area (Å²) in [7, 11) is 0. The lowest BCUT2D eigenvalue weighted by Gasteiger charge is -2.28. The van der Waals surface area contributed by atoms with E-state index in [0.717, 1.165) is 31.2 Å². The molecule has 1 aliphatic carbocycles. The van der Waals surface area contributed by atoms with Gasteiger partial charge in [-0.25, -0.2) is 0 Å². The summed E-state index contributed by atoms with van der Waals surface area (Å²) >= 11 is 0. The maximum absolute atomic E-state index is 12.5. The molecule has 1 fully saturated rings. The Labute approximate surface area is 137 Å². The molecule has 23 heavy (non-hydrogen) atoms. The summed E-state index contributed by atoms with van der Waals surface area (Å²) in [5.74, 6) is -0.240. The van der Waals surface area contributed by atoms with Crippen LogP contribution >= 0.6 is 0 Å². The average Bonchev–Trinajstić information content (AvgIpc) is 3.05. The van der Waals surface area contributed by atoms with Crippen molar-refractivity contribution in [1.29, 1.82) is 0 Å². The van der Waals surface area contributed by atoms with Gasteiger partial charge in [0.15, 0.2) is 0 Å². The van der Waals surface area contributed by atoms with E-state index < -0.39 is 11.6 Å². The van der Waals surface area contributed by atoms with Crippen LogP contribution in [0.15, 0.2) is 30.3 Å². The number of amides is 2. The molecule has 0 aliphatic heterocycles. The fraction of sp³-hybridized carbons (Fsp3) is 0.556. The molecule has 1 saturated carbocycles. The molecule has 0 aromatic heterocycles. The van der Waals surface area contributed by atoms with Crippen LogP contribution in [0.25, 0.3) is 0 Å². The average molecular weight is 318 g/mol. The summed E-state index contributed by atoms with van der Waals surface area (Å²) < 4.78 is 0. The van der Waals surface area contributed by atoms with Crippen LogP contribution in [0, 0.1) is 5.92 Å². The zero-order chi connectivity index (χ0) is 16.9. The molecule has 0 radical (unpaired) electrons. The van der Waals surface area contributed by atoms with Gasteiger partial charge in [0.1, 0.15) is 11.6 Å². The van der Waals surface area contributed by atoms with Gasteiger partial charge in [-0.2, -0.15) is 0 Å². The van der Waals surface area contributed by atoms with Gasteiger partial charge in [0.2, 0.25) is 11.8 Å². The predicted molar refractivity (Wildman–Crippen MR) is 88.6 cm³/mol. The Balaban J connectivity index is 1.99. The van der Waals surface area contributed by atoms with Crippen LogP contribution < -0.4 is 10.6 Å². The Morgan fingerprint density at radius 3 is 2.43 bits per heavy atom. The zero-order valence-electron chi connectivity index (χ0n) is 13.8. The molecule has 3 N–H and O–H groups in total. The van der Waals surface area contributed by atoms with Crippen molar-refractivity contribution >= 4 is 11.8 Å². The van der Waals surface area contributed by atoms with Crippen molar-refractivity contribution in [1.82, 2.24) is 10.6 Å². The molecule has 2 unspecified atom stereocenters. The SMILES string of the molecule is CC(=O)NC(C(=O)NCC(C)(O)c1ccccc1)C1CCCC1. The monoisotopic (exact) mass is 318 g/mol. The summed E-state index contributed by atoms with van der Waals surface area (Å²) in [5.41, 5.74) is -0.398. The third-order valence-corrected chi connectivity index (χ3v) is 4.51. The first-order valence-electron chi connectivity index (χ1n) is 8.23. The topological polar surface area (TPSA) is 78.4 Å². The van der Waals surface area contributed by atoms with Crippen LogP contribution in [0.2, 0.25) is 0 Å². The van der Waals surface area contributed by atoms with Crippen molar-refractivity contribution in [3.8, 4) is 0 Å². The molecule has 0 heterocycles. The van der Waals surface area contributed by atoms with Crippen molar-refractivity contribution < 1.29 is 14.7 Å². The van der Waals surface area contributed by atoms with E-state index in [9.17, 15) is 14.7 Å². The lowest BCUT2D eigenvalue weighted by molar-refractivity contribution is -0.130. The predicted octanol–water partition coefficient (Wildman–Crippen LogP) is 1.71. The minimum Gasteiger partial charge on any atom is -0.384 e. The van der Waals surface area contributed by atoms with Gasteiger partial charge in [-0.15, -0.1) is 0 Å². The molecule has 2 rings (SSSR count). The van der Waals surface area contributed by atoms with Gasteiger partial charge in [0, 0.05) is 6.92 Å². The molecule has 1 aromatic rings. The number of aliphatic hydroxyl groups is 1. The summed E-state index contributed by atoms with van der Waals surface area (Å²) in [6.45, 7) is 3.21.